The average molecular weight is 252 g/mol. The molecule has 0 aliphatic rings. The zero-order chi connectivity index (χ0) is 12.4. The number of nitrogens with zero attached hydrogens (tertiary/aromatic N) is 2. The van der Waals surface area contributed by atoms with Gasteiger partial charge in [-0.1, -0.05) is 17.7 Å². The van der Waals surface area contributed by atoms with Crippen molar-refractivity contribution in [3.63, 3.8) is 0 Å². The van der Waals surface area contributed by atoms with Gasteiger partial charge in [0.1, 0.15) is 12.4 Å². The lowest BCUT2D eigenvalue weighted by molar-refractivity contribution is 0.295. The van der Waals surface area contributed by atoms with E-state index in [1.54, 1.807) is 10.7 Å². The maximum atomic E-state index is 6.12. The van der Waals surface area contributed by atoms with Crippen LogP contribution in [0.25, 0.3) is 0 Å². The van der Waals surface area contributed by atoms with E-state index in [4.69, 9.17) is 22.1 Å². The highest BCUT2D eigenvalue weighted by atomic mass is 35.5. The summed E-state index contributed by atoms with van der Waals surface area (Å²) in [4.78, 5) is 0. The molecule has 0 fully saturated rings. The first kappa shape index (κ1) is 11.8. The summed E-state index contributed by atoms with van der Waals surface area (Å²) in [6.45, 7) is 2.24. The van der Waals surface area contributed by atoms with Crippen molar-refractivity contribution >= 4 is 17.3 Å². The van der Waals surface area contributed by atoms with Gasteiger partial charge in [-0.15, -0.1) is 0 Å². The van der Waals surface area contributed by atoms with E-state index in [0.29, 0.717) is 17.3 Å². The van der Waals surface area contributed by atoms with Crippen LogP contribution in [0.2, 0.25) is 5.02 Å². The van der Waals surface area contributed by atoms with Crippen molar-refractivity contribution in [2.45, 2.75) is 13.5 Å². The van der Waals surface area contributed by atoms with Gasteiger partial charge in [0.25, 0.3) is 0 Å². The second-order valence-electron chi connectivity index (χ2n) is 3.83. The summed E-state index contributed by atoms with van der Waals surface area (Å²) in [6, 6.07) is 7.29. The first-order valence-corrected chi connectivity index (χ1v) is 5.62. The van der Waals surface area contributed by atoms with Crippen molar-refractivity contribution < 1.29 is 4.74 Å². The molecule has 2 rings (SSSR count). The van der Waals surface area contributed by atoms with Crippen molar-refractivity contribution in [2.75, 3.05) is 5.73 Å². The summed E-state index contributed by atoms with van der Waals surface area (Å²) in [5.41, 5.74) is 8.00. The predicted octanol–water partition coefficient (Wildman–Crippen LogP) is 2.54. The molecule has 1 aromatic carbocycles. The standard InChI is InChI=1S/C12H14ClN3O/c1-8-12(13)11(16(2)15-8)7-17-10-5-3-4-9(14)6-10/h3-6H,7,14H2,1-2H3. The normalized spacial score (nSPS) is 10.5. The van der Waals surface area contributed by atoms with Gasteiger partial charge in [-0.25, -0.2) is 0 Å². The third kappa shape index (κ3) is 2.53. The lowest BCUT2D eigenvalue weighted by Gasteiger charge is -2.07. The van der Waals surface area contributed by atoms with Gasteiger partial charge < -0.3 is 10.5 Å². The Bertz CT molecular complexity index is 537. The number of aryl methyl sites for hydroxylation is 2. The second kappa shape index (κ2) is 4.67. The van der Waals surface area contributed by atoms with Gasteiger partial charge in [-0.2, -0.15) is 5.10 Å². The van der Waals surface area contributed by atoms with Crippen molar-refractivity contribution in [3.05, 3.63) is 40.7 Å². The fourth-order valence-corrected chi connectivity index (χ4v) is 1.81. The second-order valence-corrected chi connectivity index (χ2v) is 4.21. The minimum absolute atomic E-state index is 0.375. The van der Waals surface area contributed by atoms with Gasteiger partial charge in [0.15, 0.2) is 0 Å². The van der Waals surface area contributed by atoms with Crippen LogP contribution in [0.3, 0.4) is 0 Å². The molecule has 0 spiro atoms. The highest BCUT2D eigenvalue weighted by Crippen LogP contribution is 2.22. The van der Waals surface area contributed by atoms with E-state index in [1.807, 2.05) is 32.2 Å². The van der Waals surface area contributed by atoms with Crippen LogP contribution >= 0.6 is 11.6 Å². The molecule has 0 saturated heterocycles. The lowest BCUT2D eigenvalue weighted by Crippen LogP contribution is -2.03. The quantitative estimate of drug-likeness (QED) is 0.853. The maximum Gasteiger partial charge on any atom is 0.131 e. The Morgan fingerprint density at radius 1 is 1.47 bits per heavy atom. The van der Waals surface area contributed by atoms with Crippen LogP contribution in [0.15, 0.2) is 24.3 Å². The molecule has 5 heteroatoms. The molecule has 2 N–H and O–H groups in total. The number of anilines is 1. The fraction of sp³-hybridized carbons (Fsp3) is 0.250. The largest absolute Gasteiger partial charge is 0.487 e. The monoisotopic (exact) mass is 251 g/mol. The van der Waals surface area contributed by atoms with Crippen LogP contribution in [0.1, 0.15) is 11.4 Å². The molecule has 0 aliphatic carbocycles. The number of rotatable bonds is 3. The number of nitrogens with two attached hydrogens (primary N) is 1. The van der Waals surface area contributed by atoms with Gasteiger partial charge in [-0.3, -0.25) is 4.68 Å². The summed E-state index contributed by atoms with van der Waals surface area (Å²) in [5.74, 6) is 0.722. The third-order valence-corrected chi connectivity index (χ3v) is 2.99. The molecule has 0 atom stereocenters. The molecular weight excluding hydrogens is 238 g/mol. The lowest BCUT2D eigenvalue weighted by atomic mass is 10.3. The Kier molecular flexibility index (Phi) is 3.24. The highest BCUT2D eigenvalue weighted by Gasteiger charge is 2.11. The summed E-state index contributed by atoms with van der Waals surface area (Å²) < 4.78 is 7.35. The number of benzene rings is 1. The van der Waals surface area contributed by atoms with Gasteiger partial charge in [0.05, 0.1) is 16.4 Å². The molecule has 17 heavy (non-hydrogen) atoms. The van der Waals surface area contributed by atoms with E-state index in [2.05, 4.69) is 5.10 Å². The Balaban J connectivity index is 2.12. The summed E-state index contributed by atoms with van der Waals surface area (Å²) in [6.07, 6.45) is 0. The number of hydrogen-bond acceptors (Lipinski definition) is 3. The topological polar surface area (TPSA) is 53.1 Å². The van der Waals surface area contributed by atoms with Crippen LogP contribution in [0.4, 0.5) is 5.69 Å². The molecule has 4 nitrogen and oxygen atoms in total. The van der Waals surface area contributed by atoms with E-state index in [1.165, 1.54) is 0 Å². The van der Waals surface area contributed by atoms with Crippen LogP contribution in [0.5, 0.6) is 5.75 Å². The third-order valence-electron chi connectivity index (χ3n) is 2.50. The smallest absolute Gasteiger partial charge is 0.131 e. The molecule has 0 unspecified atom stereocenters. The van der Waals surface area contributed by atoms with Crippen LogP contribution < -0.4 is 10.5 Å². The molecule has 0 aliphatic heterocycles. The van der Waals surface area contributed by atoms with Gasteiger partial charge in [0, 0.05) is 18.8 Å². The van der Waals surface area contributed by atoms with Gasteiger partial charge in [0.2, 0.25) is 0 Å². The summed E-state index contributed by atoms with van der Waals surface area (Å²) >= 11 is 6.12. The van der Waals surface area contributed by atoms with E-state index >= 15 is 0 Å². The summed E-state index contributed by atoms with van der Waals surface area (Å²) in [7, 11) is 1.84. The van der Waals surface area contributed by atoms with E-state index in [0.717, 1.165) is 17.1 Å². The molecule has 0 radical (unpaired) electrons. The Hall–Kier alpha value is -1.68. The van der Waals surface area contributed by atoms with Crippen molar-refractivity contribution in [1.29, 1.82) is 0 Å². The SMILES string of the molecule is Cc1nn(C)c(COc2cccc(N)c2)c1Cl. The Morgan fingerprint density at radius 2 is 2.24 bits per heavy atom. The number of ether oxygens (including phenoxy) is 1. The zero-order valence-corrected chi connectivity index (χ0v) is 10.5. The molecule has 2 aromatic rings. The molecule has 1 aromatic heterocycles. The number of halogens is 1. The van der Waals surface area contributed by atoms with Gasteiger partial charge in [-0.05, 0) is 19.1 Å². The van der Waals surface area contributed by atoms with Crippen molar-refractivity contribution in [3.8, 4) is 5.75 Å². The summed E-state index contributed by atoms with van der Waals surface area (Å²) in [5, 5.41) is 4.87. The van der Waals surface area contributed by atoms with Crippen LogP contribution in [-0.4, -0.2) is 9.78 Å². The molecule has 1 heterocycles. The molecular formula is C12H14ClN3O. The van der Waals surface area contributed by atoms with Crippen molar-refractivity contribution in [1.82, 2.24) is 9.78 Å². The fourth-order valence-electron chi connectivity index (χ4n) is 1.59. The minimum atomic E-state index is 0.375. The molecule has 0 amide bonds. The average Bonchev–Trinajstić information content (AvgIpc) is 2.51. The Labute approximate surface area is 105 Å². The van der Waals surface area contributed by atoms with Crippen LogP contribution in [0, 0.1) is 6.92 Å². The molecule has 0 saturated carbocycles. The zero-order valence-electron chi connectivity index (χ0n) is 9.77. The first-order valence-electron chi connectivity index (χ1n) is 5.24. The Morgan fingerprint density at radius 3 is 2.82 bits per heavy atom. The first-order chi connectivity index (χ1) is 8.08. The molecule has 0 bridgehead atoms. The maximum absolute atomic E-state index is 6.12. The van der Waals surface area contributed by atoms with Crippen molar-refractivity contribution in [2.24, 2.45) is 7.05 Å². The van der Waals surface area contributed by atoms with E-state index in [-0.39, 0.29) is 0 Å². The number of nitrogen functional groups attached to an aromatic ring is 1. The highest BCUT2D eigenvalue weighted by molar-refractivity contribution is 6.31. The number of hydrogen-bond donors (Lipinski definition) is 1. The van der Waals surface area contributed by atoms with Crippen LogP contribution in [-0.2, 0) is 13.7 Å². The number of aromatic nitrogens is 2. The minimum Gasteiger partial charge on any atom is -0.487 e. The molecule has 90 valence electrons. The van der Waals surface area contributed by atoms with E-state index < -0.39 is 0 Å². The van der Waals surface area contributed by atoms with E-state index in [9.17, 15) is 0 Å². The van der Waals surface area contributed by atoms with Gasteiger partial charge >= 0.3 is 0 Å². The predicted molar refractivity (Wildman–Crippen MR) is 68.1 cm³/mol.